The van der Waals surface area contributed by atoms with Crippen LogP contribution in [0, 0.1) is 30.2 Å². The molecule has 0 spiro atoms. The number of rotatable bonds is 4. The summed E-state index contributed by atoms with van der Waals surface area (Å²) in [5.74, 6) is -7.62. The molecule has 2 rings (SSSR count). The van der Waals surface area contributed by atoms with Gasteiger partial charge in [-0.15, -0.1) is 0 Å². The molecule has 0 amide bonds. The third kappa shape index (κ3) is 3.19. The number of carboxylic acid groups (broad SMARTS) is 1. The van der Waals surface area contributed by atoms with Crippen LogP contribution in [0.25, 0.3) is 0 Å². The number of hydrogen-bond donors (Lipinski definition) is 2. The summed E-state index contributed by atoms with van der Waals surface area (Å²) in [6, 6.07) is 4.73. The maximum Gasteiger partial charge on any atom is 0.307 e. The predicted octanol–water partition coefficient (Wildman–Crippen LogP) is 3.92. The SMILES string of the molecule is Cc1ccc(Nc2c(F)cc(F)c(F)c2F)c(CC(=O)O)c1. The Kier molecular flexibility index (Phi) is 4.35. The van der Waals surface area contributed by atoms with E-state index in [2.05, 4.69) is 5.32 Å². The van der Waals surface area contributed by atoms with Crippen LogP contribution < -0.4 is 5.32 Å². The normalized spacial score (nSPS) is 10.6. The van der Waals surface area contributed by atoms with Gasteiger partial charge in [0.15, 0.2) is 23.3 Å². The van der Waals surface area contributed by atoms with Crippen LogP contribution in [-0.4, -0.2) is 11.1 Å². The van der Waals surface area contributed by atoms with Crippen molar-refractivity contribution in [3.8, 4) is 0 Å². The zero-order valence-corrected chi connectivity index (χ0v) is 11.4. The quantitative estimate of drug-likeness (QED) is 0.511. The highest BCUT2D eigenvalue weighted by Crippen LogP contribution is 2.29. The van der Waals surface area contributed by atoms with Crippen molar-refractivity contribution in [1.29, 1.82) is 0 Å². The van der Waals surface area contributed by atoms with Gasteiger partial charge in [0.1, 0.15) is 5.69 Å². The molecular formula is C15H11F4NO2. The molecule has 0 atom stereocenters. The molecule has 0 saturated heterocycles. The van der Waals surface area contributed by atoms with Crippen LogP contribution in [0.2, 0.25) is 0 Å². The smallest absolute Gasteiger partial charge is 0.307 e. The van der Waals surface area contributed by atoms with Crippen molar-refractivity contribution < 1.29 is 27.5 Å². The Morgan fingerprint density at radius 2 is 1.77 bits per heavy atom. The molecule has 0 heterocycles. The topological polar surface area (TPSA) is 49.3 Å². The van der Waals surface area contributed by atoms with Gasteiger partial charge in [0.2, 0.25) is 0 Å². The van der Waals surface area contributed by atoms with E-state index in [1.165, 1.54) is 12.1 Å². The maximum atomic E-state index is 13.6. The second-order valence-electron chi connectivity index (χ2n) is 4.70. The van der Waals surface area contributed by atoms with E-state index in [0.717, 1.165) is 5.56 Å². The molecule has 0 aromatic heterocycles. The van der Waals surface area contributed by atoms with Crippen LogP contribution in [0.15, 0.2) is 24.3 Å². The number of hydrogen-bond acceptors (Lipinski definition) is 2. The van der Waals surface area contributed by atoms with Crippen molar-refractivity contribution in [2.45, 2.75) is 13.3 Å². The highest BCUT2D eigenvalue weighted by atomic mass is 19.2. The second-order valence-corrected chi connectivity index (χ2v) is 4.70. The van der Waals surface area contributed by atoms with Crippen molar-refractivity contribution in [1.82, 2.24) is 0 Å². The van der Waals surface area contributed by atoms with E-state index < -0.39 is 41.3 Å². The summed E-state index contributed by atoms with van der Waals surface area (Å²) >= 11 is 0. The molecule has 3 nitrogen and oxygen atoms in total. The first-order chi connectivity index (χ1) is 10.3. The zero-order chi connectivity index (χ0) is 16.4. The Labute approximate surface area is 123 Å². The van der Waals surface area contributed by atoms with Gasteiger partial charge in [-0.1, -0.05) is 17.7 Å². The molecule has 0 bridgehead atoms. The van der Waals surface area contributed by atoms with E-state index >= 15 is 0 Å². The average molecular weight is 313 g/mol. The van der Waals surface area contributed by atoms with Gasteiger partial charge in [0, 0.05) is 11.8 Å². The minimum absolute atomic E-state index is 0.0943. The van der Waals surface area contributed by atoms with Crippen LogP contribution in [0.5, 0.6) is 0 Å². The predicted molar refractivity (Wildman–Crippen MR) is 72.1 cm³/mol. The first-order valence-corrected chi connectivity index (χ1v) is 6.21. The highest BCUT2D eigenvalue weighted by Gasteiger charge is 2.20. The van der Waals surface area contributed by atoms with E-state index in [4.69, 9.17) is 5.11 Å². The number of anilines is 2. The Balaban J connectivity index is 2.48. The number of benzene rings is 2. The summed E-state index contributed by atoms with van der Waals surface area (Å²) in [4.78, 5) is 10.8. The van der Waals surface area contributed by atoms with Gasteiger partial charge < -0.3 is 10.4 Å². The molecule has 0 fully saturated rings. The van der Waals surface area contributed by atoms with Crippen LogP contribution in [-0.2, 0) is 11.2 Å². The Hall–Kier alpha value is -2.57. The Morgan fingerprint density at radius 3 is 2.41 bits per heavy atom. The first-order valence-electron chi connectivity index (χ1n) is 6.21. The molecule has 7 heteroatoms. The van der Waals surface area contributed by atoms with E-state index in [1.54, 1.807) is 13.0 Å². The third-order valence-electron chi connectivity index (χ3n) is 2.98. The second kappa shape index (κ2) is 6.05. The summed E-state index contributed by atoms with van der Waals surface area (Å²) in [7, 11) is 0. The van der Waals surface area contributed by atoms with Crippen LogP contribution in [0.3, 0.4) is 0 Å². The molecular weight excluding hydrogens is 302 g/mol. The largest absolute Gasteiger partial charge is 0.481 e. The van der Waals surface area contributed by atoms with E-state index in [-0.39, 0.29) is 17.3 Å². The summed E-state index contributed by atoms with van der Waals surface area (Å²) in [6.45, 7) is 1.72. The van der Waals surface area contributed by atoms with Gasteiger partial charge in [0.25, 0.3) is 0 Å². The fourth-order valence-electron chi connectivity index (χ4n) is 1.97. The molecule has 0 unspecified atom stereocenters. The molecule has 0 saturated carbocycles. The molecule has 0 radical (unpaired) electrons. The number of carbonyl (C=O) groups is 1. The summed E-state index contributed by atoms with van der Waals surface area (Å²) in [6.07, 6.45) is -0.392. The number of aryl methyl sites for hydroxylation is 1. The third-order valence-corrected chi connectivity index (χ3v) is 2.98. The number of carboxylic acids is 1. The fraction of sp³-hybridized carbons (Fsp3) is 0.133. The van der Waals surface area contributed by atoms with Crippen molar-refractivity contribution in [3.05, 3.63) is 58.7 Å². The molecule has 0 aliphatic carbocycles. The summed E-state index contributed by atoms with van der Waals surface area (Å²) < 4.78 is 53.4. The van der Waals surface area contributed by atoms with E-state index in [1.807, 2.05) is 0 Å². The summed E-state index contributed by atoms with van der Waals surface area (Å²) in [5, 5.41) is 11.1. The van der Waals surface area contributed by atoms with Gasteiger partial charge in [-0.3, -0.25) is 4.79 Å². The van der Waals surface area contributed by atoms with Gasteiger partial charge in [-0.2, -0.15) is 0 Å². The standard InChI is InChI=1S/C15H11F4NO2/c1-7-2-3-11(8(4-7)5-12(21)22)20-15-10(17)6-9(16)13(18)14(15)19/h2-4,6,20H,5H2,1H3,(H,21,22). The van der Waals surface area contributed by atoms with Crippen molar-refractivity contribution in [3.63, 3.8) is 0 Å². The van der Waals surface area contributed by atoms with Crippen LogP contribution >= 0.6 is 0 Å². The lowest BCUT2D eigenvalue weighted by Crippen LogP contribution is -2.07. The first kappa shape index (κ1) is 15.8. The van der Waals surface area contributed by atoms with Crippen molar-refractivity contribution in [2.75, 3.05) is 5.32 Å². The molecule has 0 aliphatic rings. The zero-order valence-electron chi connectivity index (χ0n) is 11.4. The van der Waals surface area contributed by atoms with Crippen LogP contribution in [0.1, 0.15) is 11.1 Å². The lowest BCUT2D eigenvalue weighted by molar-refractivity contribution is -0.136. The Bertz CT molecular complexity index is 747. The summed E-state index contributed by atoms with van der Waals surface area (Å²) in [5.41, 5.74) is 0.218. The van der Waals surface area contributed by atoms with Crippen molar-refractivity contribution >= 4 is 17.3 Å². The van der Waals surface area contributed by atoms with E-state index in [9.17, 15) is 22.4 Å². The molecule has 2 aromatic carbocycles. The molecule has 2 aromatic rings. The fourth-order valence-corrected chi connectivity index (χ4v) is 1.97. The average Bonchev–Trinajstić information content (AvgIpc) is 2.42. The van der Waals surface area contributed by atoms with Crippen molar-refractivity contribution in [2.24, 2.45) is 0 Å². The van der Waals surface area contributed by atoms with Gasteiger partial charge in [-0.05, 0) is 18.6 Å². The lowest BCUT2D eigenvalue weighted by atomic mass is 10.1. The van der Waals surface area contributed by atoms with E-state index in [0.29, 0.717) is 0 Å². The minimum atomic E-state index is -1.81. The number of halogens is 4. The van der Waals surface area contributed by atoms with Gasteiger partial charge in [-0.25, -0.2) is 17.6 Å². The van der Waals surface area contributed by atoms with Crippen LogP contribution in [0.4, 0.5) is 28.9 Å². The molecule has 0 aliphatic heterocycles. The maximum absolute atomic E-state index is 13.6. The molecule has 2 N–H and O–H groups in total. The molecule has 116 valence electrons. The Morgan fingerprint density at radius 1 is 1.09 bits per heavy atom. The number of nitrogens with one attached hydrogen (secondary N) is 1. The monoisotopic (exact) mass is 313 g/mol. The molecule has 22 heavy (non-hydrogen) atoms. The minimum Gasteiger partial charge on any atom is -0.481 e. The number of aliphatic carboxylic acids is 1. The lowest BCUT2D eigenvalue weighted by Gasteiger charge is -2.14. The van der Waals surface area contributed by atoms with Gasteiger partial charge in [0.05, 0.1) is 6.42 Å². The highest BCUT2D eigenvalue weighted by molar-refractivity contribution is 5.75. The van der Waals surface area contributed by atoms with Gasteiger partial charge >= 0.3 is 5.97 Å².